The number of methoxy groups -OCH3 is 1. The fourth-order valence-corrected chi connectivity index (χ4v) is 7.04. The number of carbonyl (C=O) groups excluding carboxylic acids is 1. The first-order valence-corrected chi connectivity index (χ1v) is 12.6. The lowest BCUT2D eigenvalue weighted by Crippen LogP contribution is -2.52. The molecule has 2 saturated heterocycles. The van der Waals surface area contributed by atoms with Gasteiger partial charge in [-0.1, -0.05) is 0 Å². The van der Waals surface area contributed by atoms with Gasteiger partial charge in [0.05, 0.1) is 24.2 Å². The molecule has 4 aliphatic heterocycles. The Morgan fingerprint density at radius 1 is 1.06 bits per heavy atom. The second kappa shape index (κ2) is 7.62. The first-order chi connectivity index (χ1) is 16.2. The van der Waals surface area contributed by atoms with Gasteiger partial charge >= 0.3 is 5.97 Å². The van der Waals surface area contributed by atoms with E-state index in [1.807, 2.05) is 20.8 Å². The Labute approximate surface area is 201 Å². The van der Waals surface area contributed by atoms with Gasteiger partial charge < -0.3 is 23.7 Å². The molecule has 0 saturated carbocycles. The molecule has 4 heterocycles. The van der Waals surface area contributed by atoms with E-state index in [2.05, 4.69) is 23.1 Å². The molecular weight excluding hydrogens is 434 g/mol. The molecule has 1 aromatic carbocycles. The van der Waals surface area contributed by atoms with Crippen molar-refractivity contribution in [3.8, 4) is 11.5 Å². The van der Waals surface area contributed by atoms with Crippen molar-refractivity contribution in [1.82, 2.24) is 4.90 Å². The van der Waals surface area contributed by atoms with Crippen LogP contribution in [0.25, 0.3) is 0 Å². The molecule has 6 rings (SSSR count). The minimum absolute atomic E-state index is 0.0684. The molecule has 0 amide bonds. The van der Waals surface area contributed by atoms with Gasteiger partial charge in [-0.25, -0.2) is 4.79 Å². The van der Waals surface area contributed by atoms with E-state index < -0.39 is 11.7 Å². The summed E-state index contributed by atoms with van der Waals surface area (Å²) < 4.78 is 30.0. The fraction of sp³-hybridized carbons (Fsp3) is 0.667. The summed E-state index contributed by atoms with van der Waals surface area (Å²) in [7, 11) is 1.68. The summed E-state index contributed by atoms with van der Waals surface area (Å²) in [5.41, 5.74) is 0.857. The average Bonchev–Trinajstić information content (AvgIpc) is 3.46. The van der Waals surface area contributed by atoms with Crippen LogP contribution in [0.1, 0.15) is 69.9 Å². The first-order valence-electron chi connectivity index (χ1n) is 12.6. The second-order valence-electron chi connectivity index (χ2n) is 11.2. The Morgan fingerprint density at radius 3 is 2.62 bits per heavy atom. The zero-order valence-corrected chi connectivity index (χ0v) is 20.6. The normalized spacial score (nSPS) is 35.6. The van der Waals surface area contributed by atoms with Crippen molar-refractivity contribution in [2.24, 2.45) is 0 Å². The zero-order chi connectivity index (χ0) is 23.7. The quantitative estimate of drug-likeness (QED) is 0.618. The van der Waals surface area contributed by atoms with E-state index in [1.54, 1.807) is 7.11 Å². The third kappa shape index (κ3) is 3.27. The van der Waals surface area contributed by atoms with Crippen LogP contribution in [0.3, 0.4) is 0 Å². The molecule has 2 fully saturated rings. The molecule has 184 valence electrons. The van der Waals surface area contributed by atoms with Gasteiger partial charge in [0, 0.05) is 6.54 Å². The van der Waals surface area contributed by atoms with Gasteiger partial charge in [-0.15, -0.1) is 0 Å². The van der Waals surface area contributed by atoms with E-state index >= 15 is 0 Å². The van der Waals surface area contributed by atoms with Crippen LogP contribution in [0.2, 0.25) is 0 Å². The highest BCUT2D eigenvalue weighted by Gasteiger charge is 2.59. The highest BCUT2D eigenvalue weighted by Crippen LogP contribution is 2.56. The summed E-state index contributed by atoms with van der Waals surface area (Å²) in [5, 5.41) is 0. The summed E-state index contributed by atoms with van der Waals surface area (Å²) in [4.78, 5) is 16.2. The highest BCUT2D eigenvalue weighted by molar-refractivity contribution is 5.80. The van der Waals surface area contributed by atoms with Crippen LogP contribution in [-0.2, 0) is 25.4 Å². The van der Waals surface area contributed by atoms with Crippen molar-refractivity contribution in [2.75, 3.05) is 27.0 Å². The predicted octanol–water partition coefficient (Wildman–Crippen LogP) is 4.08. The van der Waals surface area contributed by atoms with Gasteiger partial charge in [-0.05, 0) is 95.2 Å². The Kier molecular flexibility index (Phi) is 4.98. The van der Waals surface area contributed by atoms with E-state index in [4.69, 9.17) is 23.7 Å². The summed E-state index contributed by atoms with van der Waals surface area (Å²) >= 11 is 0. The Hall–Kier alpha value is -2.25. The number of hydrogen-bond acceptors (Lipinski definition) is 7. The summed E-state index contributed by atoms with van der Waals surface area (Å²) in [5.74, 6) is 1.92. The zero-order valence-electron chi connectivity index (χ0n) is 20.6. The Balaban J connectivity index is 1.41. The number of nitrogens with zero attached hydrogens (tertiary/aromatic N) is 1. The highest BCUT2D eigenvalue weighted by atomic mass is 16.7. The van der Waals surface area contributed by atoms with Gasteiger partial charge in [0.1, 0.15) is 5.76 Å². The second-order valence-corrected chi connectivity index (χ2v) is 11.2. The molecule has 5 aliphatic rings. The van der Waals surface area contributed by atoms with Crippen LogP contribution in [0, 0.1) is 0 Å². The third-order valence-corrected chi connectivity index (χ3v) is 8.56. The van der Waals surface area contributed by atoms with Crippen LogP contribution in [0.15, 0.2) is 24.0 Å². The van der Waals surface area contributed by atoms with Crippen molar-refractivity contribution in [3.05, 3.63) is 35.1 Å². The van der Waals surface area contributed by atoms with Crippen LogP contribution in [0.4, 0.5) is 0 Å². The molecule has 1 aliphatic carbocycles. The predicted molar refractivity (Wildman–Crippen MR) is 125 cm³/mol. The molecule has 4 atom stereocenters. The molecule has 0 N–H and O–H groups in total. The van der Waals surface area contributed by atoms with E-state index in [0.29, 0.717) is 6.42 Å². The van der Waals surface area contributed by atoms with Gasteiger partial charge in [0.25, 0.3) is 0 Å². The first kappa shape index (κ1) is 22.2. The summed E-state index contributed by atoms with van der Waals surface area (Å²) in [6.45, 7) is 8.18. The maximum Gasteiger partial charge on any atom is 0.338 e. The van der Waals surface area contributed by atoms with Crippen LogP contribution < -0.4 is 9.47 Å². The van der Waals surface area contributed by atoms with Crippen molar-refractivity contribution in [2.45, 2.75) is 88.1 Å². The molecule has 1 unspecified atom stereocenters. The fourth-order valence-electron chi connectivity index (χ4n) is 7.04. The van der Waals surface area contributed by atoms with Crippen molar-refractivity contribution in [1.29, 1.82) is 0 Å². The number of benzene rings is 1. The van der Waals surface area contributed by atoms with E-state index in [9.17, 15) is 4.79 Å². The smallest absolute Gasteiger partial charge is 0.338 e. The van der Waals surface area contributed by atoms with Crippen molar-refractivity contribution < 1.29 is 28.5 Å². The van der Waals surface area contributed by atoms with Crippen LogP contribution >= 0.6 is 0 Å². The molecular formula is C27H35NO6. The lowest BCUT2D eigenvalue weighted by atomic mass is 9.77. The number of ether oxygens (including phenoxy) is 5. The largest absolute Gasteiger partial charge is 0.497 e. The lowest BCUT2D eigenvalue weighted by Gasteiger charge is -2.43. The topological polar surface area (TPSA) is 66.5 Å². The van der Waals surface area contributed by atoms with Gasteiger partial charge in [0.2, 0.25) is 6.79 Å². The maximum absolute atomic E-state index is 13.7. The van der Waals surface area contributed by atoms with Gasteiger partial charge in [-0.3, -0.25) is 4.90 Å². The third-order valence-electron chi connectivity index (χ3n) is 8.56. The Bertz CT molecular complexity index is 1050. The lowest BCUT2D eigenvalue weighted by molar-refractivity contribution is -0.207. The molecule has 0 aromatic heterocycles. The molecule has 0 radical (unpaired) electrons. The number of rotatable bonds is 3. The number of fused-ring (bicyclic) bond motifs is 3. The summed E-state index contributed by atoms with van der Waals surface area (Å²) in [6.07, 6.45) is 7.29. The van der Waals surface area contributed by atoms with E-state index in [0.717, 1.165) is 62.5 Å². The average molecular weight is 470 g/mol. The monoisotopic (exact) mass is 469 g/mol. The summed E-state index contributed by atoms with van der Waals surface area (Å²) in [6, 6.07) is 4.23. The van der Waals surface area contributed by atoms with E-state index in [-0.39, 0.29) is 29.8 Å². The van der Waals surface area contributed by atoms with Crippen molar-refractivity contribution in [3.63, 3.8) is 0 Å². The number of hydrogen-bond donors (Lipinski definition) is 0. The van der Waals surface area contributed by atoms with Crippen molar-refractivity contribution >= 4 is 5.97 Å². The molecule has 34 heavy (non-hydrogen) atoms. The Morgan fingerprint density at radius 2 is 1.85 bits per heavy atom. The minimum Gasteiger partial charge on any atom is -0.497 e. The molecule has 7 nitrogen and oxygen atoms in total. The van der Waals surface area contributed by atoms with Gasteiger partial charge in [-0.2, -0.15) is 0 Å². The van der Waals surface area contributed by atoms with Crippen LogP contribution in [0.5, 0.6) is 11.5 Å². The van der Waals surface area contributed by atoms with E-state index in [1.165, 1.54) is 11.1 Å². The SMILES string of the molecule is COC1=C[C@@]23CCCN2CCc2cc4c(cc2[C@@H]3C1OC(=O)[C@]1(C)CCCC(C)(C)O1)OCO4. The van der Waals surface area contributed by atoms with Gasteiger partial charge in [0.15, 0.2) is 23.2 Å². The molecule has 1 aromatic rings. The van der Waals surface area contributed by atoms with Crippen LogP contribution in [-0.4, -0.2) is 60.7 Å². The minimum atomic E-state index is -0.964. The maximum atomic E-state index is 13.7. The molecule has 1 spiro atoms. The standard InChI is InChI=1S/C27H35NO6/c1-25(2)8-5-9-26(3,34-25)24(29)33-23-21(30-4)15-27-10-6-11-28(27)12-7-17-13-19-20(32-16-31-19)14-18(17)22(23)27/h13-15,22-23H,5-12,16H2,1-4H3/t22-,23?,26+,27-/m1/s1. The molecule has 0 bridgehead atoms. The number of esters is 1. The molecule has 7 heteroatoms. The number of carbonyl (C=O) groups is 1.